The van der Waals surface area contributed by atoms with Crippen LogP contribution in [-0.2, 0) is 16.9 Å². The van der Waals surface area contributed by atoms with Crippen LogP contribution in [0.3, 0.4) is 0 Å². The summed E-state index contributed by atoms with van der Waals surface area (Å²) in [4.78, 5) is 13.4. The largest absolute Gasteiger partial charge is 0.322 e. The number of benzene rings is 3. The normalized spacial score (nSPS) is 11.3. The average molecular weight is 446 g/mol. The third kappa shape index (κ3) is 4.63. The van der Waals surface area contributed by atoms with Crippen LogP contribution in [0.2, 0.25) is 0 Å². The van der Waals surface area contributed by atoms with Gasteiger partial charge in [-0.2, -0.15) is 5.10 Å². The van der Waals surface area contributed by atoms with E-state index in [0.29, 0.717) is 16.8 Å². The van der Waals surface area contributed by atoms with Gasteiger partial charge in [0, 0.05) is 36.3 Å². The number of anilines is 1. The first kappa shape index (κ1) is 21.5. The topological polar surface area (TPSA) is 81.1 Å². The molecule has 4 rings (SSSR count). The molecule has 0 saturated heterocycles. The number of aromatic nitrogens is 2. The van der Waals surface area contributed by atoms with E-state index in [1.807, 2.05) is 74.8 Å². The third-order valence-corrected chi connectivity index (χ3v) is 6.23. The number of sulfone groups is 1. The van der Waals surface area contributed by atoms with E-state index >= 15 is 0 Å². The van der Waals surface area contributed by atoms with Gasteiger partial charge in [-0.15, -0.1) is 0 Å². The summed E-state index contributed by atoms with van der Waals surface area (Å²) in [6.45, 7) is 1.95. The molecule has 4 aromatic rings. The predicted molar refractivity (Wildman–Crippen MR) is 126 cm³/mol. The van der Waals surface area contributed by atoms with Gasteiger partial charge in [0.05, 0.1) is 10.6 Å². The zero-order chi connectivity index (χ0) is 22.9. The van der Waals surface area contributed by atoms with Gasteiger partial charge in [0.25, 0.3) is 5.91 Å². The minimum atomic E-state index is -3.42. The van der Waals surface area contributed by atoms with Crippen LogP contribution in [0.15, 0.2) is 83.9 Å². The second-order valence-corrected chi connectivity index (χ2v) is 9.77. The molecule has 162 valence electrons. The number of amides is 1. The summed E-state index contributed by atoms with van der Waals surface area (Å²) < 4.78 is 26.0. The number of nitrogens with one attached hydrogen (secondary N) is 1. The van der Waals surface area contributed by atoms with Gasteiger partial charge in [0.15, 0.2) is 9.84 Å². The van der Waals surface area contributed by atoms with Crippen molar-refractivity contribution in [3.63, 3.8) is 0 Å². The van der Waals surface area contributed by atoms with Crippen LogP contribution in [0, 0.1) is 6.92 Å². The molecule has 1 heterocycles. The summed E-state index contributed by atoms with van der Waals surface area (Å²) in [5.41, 5.74) is 5.07. The van der Waals surface area contributed by atoms with Gasteiger partial charge in [0.1, 0.15) is 0 Å². The lowest BCUT2D eigenvalue weighted by Gasteiger charge is -2.13. The number of aryl methyl sites for hydroxylation is 2. The molecule has 0 atom stereocenters. The Morgan fingerprint density at radius 3 is 2.38 bits per heavy atom. The van der Waals surface area contributed by atoms with Gasteiger partial charge in [-0.3, -0.25) is 9.48 Å². The second kappa shape index (κ2) is 8.43. The minimum absolute atomic E-state index is 0.169. The number of hydrogen-bond acceptors (Lipinski definition) is 4. The van der Waals surface area contributed by atoms with E-state index in [4.69, 9.17) is 0 Å². The maximum Gasteiger partial charge on any atom is 0.256 e. The van der Waals surface area contributed by atoms with Gasteiger partial charge in [-0.25, -0.2) is 8.42 Å². The predicted octanol–water partition coefficient (Wildman–Crippen LogP) is 4.72. The summed E-state index contributed by atoms with van der Waals surface area (Å²) in [7, 11) is -1.57. The molecule has 1 amide bonds. The van der Waals surface area contributed by atoms with Crippen LogP contribution < -0.4 is 5.32 Å². The SMILES string of the molecule is Cc1cccc(-c2cc(S(C)(=O)=O)ccc2C(=O)Nc2cccc(-c3ccn(C)n3)c2)c1. The van der Waals surface area contributed by atoms with Crippen LogP contribution in [0.5, 0.6) is 0 Å². The van der Waals surface area contributed by atoms with E-state index < -0.39 is 9.84 Å². The molecule has 0 bridgehead atoms. The third-order valence-electron chi connectivity index (χ3n) is 5.12. The van der Waals surface area contributed by atoms with Crippen LogP contribution in [-0.4, -0.2) is 30.4 Å². The van der Waals surface area contributed by atoms with Crippen molar-refractivity contribution >= 4 is 21.4 Å². The maximum absolute atomic E-state index is 13.2. The molecular weight excluding hydrogens is 422 g/mol. The molecule has 0 radical (unpaired) electrons. The number of carbonyl (C=O) groups is 1. The van der Waals surface area contributed by atoms with Crippen LogP contribution in [0.25, 0.3) is 22.4 Å². The van der Waals surface area contributed by atoms with Gasteiger partial charge in [0.2, 0.25) is 0 Å². The average Bonchev–Trinajstić information content (AvgIpc) is 3.19. The van der Waals surface area contributed by atoms with Crippen molar-refractivity contribution in [3.05, 3.63) is 90.1 Å². The van der Waals surface area contributed by atoms with Crippen molar-refractivity contribution in [1.82, 2.24) is 9.78 Å². The first-order chi connectivity index (χ1) is 15.2. The van der Waals surface area contributed by atoms with E-state index in [2.05, 4.69) is 10.4 Å². The van der Waals surface area contributed by atoms with E-state index in [1.54, 1.807) is 16.8 Å². The lowest BCUT2D eigenvalue weighted by Crippen LogP contribution is -2.14. The van der Waals surface area contributed by atoms with Gasteiger partial charge < -0.3 is 5.32 Å². The Labute approximate surface area is 187 Å². The number of hydrogen-bond donors (Lipinski definition) is 1. The highest BCUT2D eigenvalue weighted by Crippen LogP contribution is 2.29. The van der Waals surface area contributed by atoms with Crippen molar-refractivity contribution in [1.29, 1.82) is 0 Å². The maximum atomic E-state index is 13.2. The summed E-state index contributed by atoms with van der Waals surface area (Å²) >= 11 is 0. The smallest absolute Gasteiger partial charge is 0.256 e. The van der Waals surface area contributed by atoms with Crippen LogP contribution in [0.1, 0.15) is 15.9 Å². The zero-order valence-electron chi connectivity index (χ0n) is 18.0. The molecule has 6 nitrogen and oxygen atoms in total. The first-order valence-corrected chi connectivity index (χ1v) is 11.9. The molecule has 32 heavy (non-hydrogen) atoms. The van der Waals surface area contributed by atoms with Crippen molar-refractivity contribution < 1.29 is 13.2 Å². The highest BCUT2D eigenvalue weighted by molar-refractivity contribution is 7.90. The molecule has 0 spiro atoms. The summed E-state index contributed by atoms with van der Waals surface area (Å²) in [5.74, 6) is -0.320. The molecule has 0 fully saturated rings. The summed E-state index contributed by atoms with van der Waals surface area (Å²) in [6.07, 6.45) is 3.02. The Bertz CT molecular complexity index is 1420. The standard InChI is InChI=1S/C25H23N3O3S/c1-17-6-4-7-18(14-17)23-16-21(32(3,30)31)10-11-22(23)25(29)26-20-9-5-8-19(15-20)24-12-13-28(2)27-24/h4-16H,1-3H3,(H,26,29). The lowest BCUT2D eigenvalue weighted by atomic mass is 9.97. The van der Waals surface area contributed by atoms with Crippen LogP contribution in [0.4, 0.5) is 5.69 Å². The fourth-order valence-electron chi connectivity index (χ4n) is 3.53. The molecular formula is C25H23N3O3S. The number of nitrogens with zero attached hydrogens (tertiary/aromatic N) is 2. The molecule has 3 aromatic carbocycles. The second-order valence-electron chi connectivity index (χ2n) is 7.76. The molecule has 0 unspecified atom stereocenters. The first-order valence-electron chi connectivity index (χ1n) is 10.0. The summed E-state index contributed by atoms with van der Waals surface area (Å²) in [6, 6.07) is 21.6. The Hall–Kier alpha value is -3.71. The van der Waals surface area contributed by atoms with Crippen LogP contribution >= 0.6 is 0 Å². The fraction of sp³-hybridized carbons (Fsp3) is 0.120. The molecule has 0 aliphatic rings. The Balaban J connectivity index is 1.72. The highest BCUT2D eigenvalue weighted by atomic mass is 32.2. The molecule has 0 aliphatic heterocycles. The molecule has 0 saturated carbocycles. The highest BCUT2D eigenvalue weighted by Gasteiger charge is 2.18. The van der Waals surface area contributed by atoms with Crippen molar-refractivity contribution in [2.24, 2.45) is 7.05 Å². The fourth-order valence-corrected chi connectivity index (χ4v) is 4.17. The number of carbonyl (C=O) groups excluding carboxylic acids is 1. The molecule has 1 aromatic heterocycles. The van der Waals surface area contributed by atoms with Gasteiger partial charge in [-0.05, 0) is 54.4 Å². The van der Waals surface area contributed by atoms with Gasteiger partial charge >= 0.3 is 0 Å². The minimum Gasteiger partial charge on any atom is -0.322 e. The van der Waals surface area contributed by atoms with Crippen molar-refractivity contribution in [3.8, 4) is 22.4 Å². The molecule has 1 N–H and O–H groups in total. The molecule has 0 aliphatic carbocycles. The van der Waals surface area contributed by atoms with Crippen molar-refractivity contribution in [2.75, 3.05) is 11.6 Å². The van der Waals surface area contributed by atoms with Gasteiger partial charge in [-0.1, -0.05) is 42.0 Å². The Morgan fingerprint density at radius 1 is 0.938 bits per heavy atom. The Morgan fingerprint density at radius 2 is 1.69 bits per heavy atom. The van der Waals surface area contributed by atoms with E-state index in [0.717, 1.165) is 28.6 Å². The van der Waals surface area contributed by atoms with E-state index in [-0.39, 0.29) is 10.8 Å². The lowest BCUT2D eigenvalue weighted by molar-refractivity contribution is 0.102. The molecule has 7 heteroatoms. The quantitative estimate of drug-likeness (QED) is 0.482. The zero-order valence-corrected chi connectivity index (χ0v) is 18.8. The Kier molecular flexibility index (Phi) is 5.67. The van der Waals surface area contributed by atoms with Crippen molar-refractivity contribution in [2.45, 2.75) is 11.8 Å². The monoisotopic (exact) mass is 445 g/mol. The number of rotatable bonds is 5. The summed E-state index contributed by atoms with van der Waals surface area (Å²) in [5, 5.41) is 7.34. The van der Waals surface area contributed by atoms with E-state index in [1.165, 1.54) is 6.07 Å². The van der Waals surface area contributed by atoms with E-state index in [9.17, 15) is 13.2 Å².